The first kappa shape index (κ1) is 22.7. The minimum atomic E-state index is -4.51. The number of nitrogens with one attached hydrogen (secondary N) is 1. The molecule has 0 aliphatic rings. The molecular formula is C19H21F3N2O4S. The fourth-order valence-electron chi connectivity index (χ4n) is 2.57. The average Bonchev–Trinajstić information content (AvgIpc) is 2.65. The Morgan fingerprint density at radius 3 is 2.41 bits per heavy atom. The van der Waals surface area contributed by atoms with Crippen LogP contribution >= 0.6 is 0 Å². The summed E-state index contributed by atoms with van der Waals surface area (Å²) in [5, 5.41) is 2.42. The quantitative estimate of drug-likeness (QED) is 0.729. The van der Waals surface area contributed by atoms with Crippen LogP contribution in [0.2, 0.25) is 0 Å². The van der Waals surface area contributed by atoms with Gasteiger partial charge in [-0.2, -0.15) is 13.2 Å². The van der Waals surface area contributed by atoms with Gasteiger partial charge >= 0.3 is 6.18 Å². The van der Waals surface area contributed by atoms with E-state index in [4.69, 9.17) is 4.74 Å². The van der Waals surface area contributed by atoms with Gasteiger partial charge in [0, 0.05) is 26.2 Å². The molecule has 0 atom stereocenters. The van der Waals surface area contributed by atoms with Crippen molar-refractivity contribution in [2.24, 2.45) is 0 Å². The maximum Gasteiger partial charge on any atom is 0.416 e. The SMILES string of the molecule is COc1ccc(S(=O)(=O)N(C)C)cc1CCC(=O)Nc1cccc(C(F)(F)F)c1. The Bertz CT molecular complexity index is 989. The molecule has 0 aromatic heterocycles. The predicted octanol–water partition coefficient (Wildman–Crippen LogP) is 3.54. The van der Waals surface area contributed by atoms with E-state index in [0.29, 0.717) is 11.3 Å². The maximum atomic E-state index is 12.8. The summed E-state index contributed by atoms with van der Waals surface area (Å²) in [7, 11) is 0.568. The molecule has 2 aromatic rings. The lowest BCUT2D eigenvalue weighted by Crippen LogP contribution is -2.22. The standard InChI is InChI=1S/C19H21F3N2O4S/c1-24(2)29(26,27)16-8-9-17(28-3)13(11-16)7-10-18(25)23-15-6-4-5-14(12-15)19(20,21)22/h4-6,8-9,11-12H,7,10H2,1-3H3,(H,23,25). The number of carbonyl (C=O) groups is 1. The van der Waals surface area contributed by atoms with Crippen LogP contribution in [0.4, 0.5) is 18.9 Å². The number of sulfonamides is 1. The van der Waals surface area contributed by atoms with Crippen LogP contribution in [0.5, 0.6) is 5.75 Å². The number of nitrogens with zero attached hydrogens (tertiary/aromatic N) is 1. The largest absolute Gasteiger partial charge is 0.496 e. The molecule has 10 heteroatoms. The van der Waals surface area contributed by atoms with E-state index in [9.17, 15) is 26.4 Å². The molecule has 0 saturated carbocycles. The number of rotatable bonds is 7. The van der Waals surface area contributed by atoms with Crippen LogP contribution in [0, 0.1) is 0 Å². The number of ether oxygens (including phenoxy) is 1. The Balaban J connectivity index is 2.14. The Hall–Kier alpha value is -2.59. The fraction of sp³-hybridized carbons (Fsp3) is 0.316. The highest BCUT2D eigenvalue weighted by atomic mass is 32.2. The van der Waals surface area contributed by atoms with Crippen LogP contribution in [0.25, 0.3) is 0 Å². The molecule has 6 nitrogen and oxygen atoms in total. The zero-order valence-electron chi connectivity index (χ0n) is 16.1. The second-order valence-electron chi connectivity index (χ2n) is 6.39. The lowest BCUT2D eigenvalue weighted by molar-refractivity contribution is -0.137. The van der Waals surface area contributed by atoms with Gasteiger partial charge in [0.2, 0.25) is 15.9 Å². The van der Waals surface area contributed by atoms with Gasteiger partial charge in [-0.15, -0.1) is 0 Å². The van der Waals surface area contributed by atoms with Crippen molar-refractivity contribution in [1.29, 1.82) is 0 Å². The number of carbonyl (C=O) groups excluding carboxylic acids is 1. The lowest BCUT2D eigenvalue weighted by atomic mass is 10.1. The van der Waals surface area contributed by atoms with Crippen molar-refractivity contribution in [3.8, 4) is 5.75 Å². The van der Waals surface area contributed by atoms with E-state index in [0.717, 1.165) is 16.4 Å². The van der Waals surface area contributed by atoms with Crippen molar-refractivity contribution >= 4 is 21.6 Å². The maximum absolute atomic E-state index is 12.8. The van der Waals surface area contributed by atoms with E-state index in [2.05, 4.69) is 5.32 Å². The van der Waals surface area contributed by atoms with Crippen LogP contribution in [0.3, 0.4) is 0 Å². The number of hydrogen-bond donors (Lipinski definition) is 1. The number of alkyl halides is 3. The Morgan fingerprint density at radius 2 is 1.83 bits per heavy atom. The molecule has 0 radical (unpaired) electrons. The van der Waals surface area contributed by atoms with Crippen molar-refractivity contribution in [3.63, 3.8) is 0 Å². The monoisotopic (exact) mass is 430 g/mol. The predicted molar refractivity (Wildman–Crippen MR) is 102 cm³/mol. The van der Waals surface area contributed by atoms with Gasteiger partial charge in [0.25, 0.3) is 0 Å². The first-order valence-electron chi connectivity index (χ1n) is 8.51. The molecule has 29 heavy (non-hydrogen) atoms. The number of hydrogen-bond acceptors (Lipinski definition) is 4. The zero-order valence-corrected chi connectivity index (χ0v) is 16.9. The van der Waals surface area contributed by atoms with Gasteiger partial charge in [-0.3, -0.25) is 4.79 Å². The zero-order chi connectivity index (χ0) is 21.8. The van der Waals surface area contributed by atoms with E-state index in [-0.39, 0.29) is 23.4 Å². The van der Waals surface area contributed by atoms with Gasteiger partial charge in [0.15, 0.2) is 0 Å². The van der Waals surface area contributed by atoms with Crippen molar-refractivity contribution in [2.45, 2.75) is 23.9 Å². The highest BCUT2D eigenvalue weighted by molar-refractivity contribution is 7.89. The normalized spacial score (nSPS) is 12.1. The van der Waals surface area contributed by atoms with Crippen LogP contribution < -0.4 is 10.1 Å². The summed E-state index contributed by atoms with van der Waals surface area (Å²) in [6.45, 7) is 0. The molecule has 0 aliphatic carbocycles. The van der Waals surface area contributed by atoms with Crippen LogP contribution in [0.15, 0.2) is 47.4 Å². The first-order valence-corrected chi connectivity index (χ1v) is 9.95. The summed E-state index contributed by atoms with van der Waals surface area (Å²) in [4.78, 5) is 12.2. The second kappa shape index (κ2) is 8.83. The summed E-state index contributed by atoms with van der Waals surface area (Å²) < 4.78 is 69.2. The van der Waals surface area contributed by atoms with E-state index < -0.39 is 27.7 Å². The molecular weight excluding hydrogens is 409 g/mol. The summed E-state index contributed by atoms with van der Waals surface area (Å²) in [6, 6.07) is 8.65. The number of halogens is 3. The fourth-order valence-corrected chi connectivity index (χ4v) is 3.52. The van der Waals surface area contributed by atoms with E-state index in [1.54, 1.807) is 0 Å². The third-order valence-corrected chi connectivity index (χ3v) is 5.94. The van der Waals surface area contributed by atoms with Gasteiger partial charge in [-0.25, -0.2) is 12.7 Å². The molecule has 0 bridgehead atoms. The van der Waals surface area contributed by atoms with Crippen molar-refractivity contribution < 1.29 is 31.1 Å². The Kier molecular flexibility index (Phi) is 6.91. The molecule has 1 N–H and O–H groups in total. The third kappa shape index (κ3) is 5.70. The molecule has 0 saturated heterocycles. The summed E-state index contributed by atoms with van der Waals surface area (Å²) >= 11 is 0. The van der Waals surface area contributed by atoms with E-state index >= 15 is 0 Å². The first-order chi connectivity index (χ1) is 13.4. The molecule has 1 amide bonds. The molecule has 2 rings (SSSR count). The third-order valence-electron chi connectivity index (χ3n) is 4.13. The van der Waals surface area contributed by atoms with Gasteiger partial charge in [-0.05, 0) is 48.4 Å². The Labute approximate surface area is 167 Å². The van der Waals surface area contributed by atoms with Gasteiger partial charge in [-0.1, -0.05) is 6.07 Å². The van der Waals surface area contributed by atoms with Crippen LogP contribution in [0.1, 0.15) is 17.5 Å². The number of methoxy groups -OCH3 is 1. The molecule has 0 heterocycles. The average molecular weight is 430 g/mol. The minimum absolute atomic E-state index is 0.0285. The Morgan fingerprint density at radius 1 is 1.14 bits per heavy atom. The van der Waals surface area contributed by atoms with Gasteiger partial charge in [0.05, 0.1) is 17.6 Å². The second-order valence-corrected chi connectivity index (χ2v) is 8.54. The van der Waals surface area contributed by atoms with Gasteiger partial charge < -0.3 is 10.1 Å². The van der Waals surface area contributed by atoms with E-state index in [1.807, 2.05) is 0 Å². The summed E-state index contributed by atoms with van der Waals surface area (Å²) in [5.74, 6) is -0.0955. The number of amides is 1. The molecule has 2 aromatic carbocycles. The van der Waals surface area contributed by atoms with E-state index in [1.165, 1.54) is 51.5 Å². The molecule has 0 unspecified atom stereocenters. The molecule has 0 fully saturated rings. The van der Waals surface area contributed by atoms with Crippen LogP contribution in [-0.4, -0.2) is 39.8 Å². The lowest BCUT2D eigenvalue weighted by Gasteiger charge is -2.15. The number of aryl methyl sites for hydroxylation is 1. The van der Waals surface area contributed by atoms with Crippen molar-refractivity contribution in [2.75, 3.05) is 26.5 Å². The smallest absolute Gasteiger partial charge is 0.416 e. The summed E-state index contributed by atoms with van der Waals surface area (Å²) in [6.07, 6.45) is -4.44. The van der Waals surface area contributed by atoms with Crippen molar-refractivity contribution in [1.82, 2.24) is 4.31 Å². The molecule has 0 spiro atoms. The van der Waals surface area contributed by atoms with Crippen LogP contribution in [-0.2, 0) is 27.4 Å². The van der Waals surface area contributed by atoms with Crippen molar-refractivity contribution in [3.05, 3.63) is 53.6 Å². The molecule has 158 valence electrons. The number of anilines is 1. The minimum Gasteiger partial charge on any atom is -0.496 e. The van der Waals surface area contributed by atoms with Gasteiger partial charge in [0.1, 0.15) is 5.75 Å². The number of benzene rings is 2. The highest BCUT2D eigenvalue weighted by Gasteiger charge is 2.30. The summed E-state index contributed by atoms with van der Waals surface area (Å²) in [5.41, 5.74) is -0.339. The topological polar surface area (TPSA) is 75.7 Å². The highest BCUT2D eigenvalue weighted by Crippen LogP contribution is 2.31. The molecule has 0 aliphatic heterocycles.